The van der Waals surface area contributed by atoms with Crippen molar-refractivity contribution in [1.29, 1.82) is 0 Å². The number of morpholine rings is 1. The highest BCUT2D eigenvalue weighted by atomic mass is 32.1. The van der Waals surface area contributed by atoms with Gasteiger partial charge >= 0.3 is 0 Å². The molecule has 2 aromatic heterocycles. The summed E-state index contributed by atoms with van der Waals surface area (Å²) < 4.78 is 7.71. The Morgan fingerprint density at radius 3 is 3.04 bits per heavy atom. The Hall–Kier alpha value is -1.70. The second kappa shape index (κ2) is 7.92. The number of rotatable bonds is 6. The van der Waals surface area contributed by atoms with Gasteiger partial charge in [0.15, 0.2) is 0 Å². The number of hydrogen-bond acceptors (Lipinski definition) is 5. The molecular formula is C17H24N4O2S. The molecule has 3 rings (SSSR count). The van der Waals surface area contributed by atoms with Crippen LogP contribution in [0.1, 0.15) is 15.3 Å². The van der Waals surface area contributed by atoms with Crippen molar-refractivity contribution in [1.82, 2.24) is 20.0 Å². The van der Waals surface area contributed by atoms with Crippen molar-refractivity contribution in [2.24, 2.45) is 0 Å². The van der Waals surface area contributed by atoms with Crippen molar-refractivity contribution < 1.29 is 9.53 Å². The maximum absolute atomic E-state index is 12.2. The molecule has 1 saturated heterocycles. The van der Waals surface area contributed by atoms with Gasteiger partial charge in [-0.2, -0.15) is 5.10 Å². The van der Waals surface area contributed by atoms with E-state index in [4.69, 9.17) is 4.74 Å². The van der Waals surface area contributed by atoms with E-state index in [1.165, 1.54) is 9.75 Å². The van der Waals surface area contributed by atoms with Gasteiger partial charge in [0.2, 0.25) is 5.91 Å². The highest BCUT2D eigenvalue weighted by molar-refractivity contribution is 7.11. The predicted molar refractivity (Wildman–Crippen MR) is 94.0 cm³/mol. The summed E-state index contributed by atoms with van der Waals surface area (Å²) in [4.78, 5) is 16.8. The fraction of sp³-hybridized carbons (Fsp3) is 0.529. The van der Waals surface area contributed by atoms with Gasteiger partial charge in [0.25, 0.3) is 0 Å². The molecule has 3 heterocycles. The number of ether oxygens (including phenoxy) is 1. The molecule has 1 amide bonds. The molecule has 1 fully saturated rings. The van der Waals surface area contributed by atoms with Gasteiger partial charge < -0.3 is 10.1 Å². The molecule has 6 nitrogen and oxygen atoms in total. The van der Waals surface area contributed by atoms with Crippen LogP contribution in [0.4, 0.5) is 0 Å². The van der Waals surface area contributed by atoms with Crippen LogP contribution >= 0.6 is 11.3 Å². The highest BCUT2D eigenvalue weighted by Crippen LogP contribution is 2.14. The maximum Gasteiger partial charge on any atom is 0.234 e. The first-order valence-corrected chi connectivity index (χ1v) is 9.05. The van der Waals surface area contributed by atoms with Crippen molar-refractivity contribution >= 4 is 17.2 Å². The third-order valence-electron chi connectivity index (χ3n) is 4.00. The minimum absolute atomic E-state index is 0.0663. The summed E-state index contributed by atoms with van der Waals surface area (Å²) in [6.07, 6.45) is 3.93. The zero-order valence-electron chi connectivity index (χ0n) is 14.2. The van der Waals surface area contributed by atoms with E-state index in [0.29, 0.717) is 19.7 Å². The van der Waals surface area contributed by atoms with E-state index in [-0.39, 0.29) is 12.0 Å². The minimum atomic E-state index is 0.0663. The Balaban J connectivity index is 1.43. The summed E-state index contributed by atoms with van der Waals surface area (Å²) in [7, 11) is 0. The number of amides is 1. The quantitative estimate of drug-likeness (QED) is 0.861. The van der Waals surface area contributed by atoms with E-state index in [1.54, 1.807) is 11.3 Å². The first-order valence-electron chi connectivity index (χ1n) is 8.23. The van der Waals surface area contributed by atoms with Gasteiger partial charge in [-0.3, -0.25) is 14.4 Å². The Morgan fingerprint density at radius 1 is 1.46 bits per heavy atom. The number of hydrogen-bond donors (Lipinski definition) is 1. The SMILES string of the molecule is Cc1cnn(CC2CN(CC(=O)NCc3ccc(C)s3)CCO2)c1. The molecule has 0 aromatic carbocycles. The monoisotopic (exact) mass is 348 g/mol. The van der Waals surface area contributed by atoms with Crippen LogP contribution < -0.4 is 5.32 Å². The van der Waals surface area contributed by atoms with Crippen molar-refractivity contribution in [3.63, 3.8) is 0 Å². The molecule has 1 unspecified atom stereocenters. The van der Waals surface area contributed by atoms with Gasteiger partial charge in [0.1, 0.15) is 0 Å². The molecule has 0 radical (unpaired) electrons. The van der Waals surface area contributed by atoms with Gasteiger partial charge in [-0.25, -0.2) is 0 Å². The summed E-state index contributed by atoms with van der Waals surface area (Å²) in [5.74, 6) is 0.0663. The molecule has 1 aliphatic rings. The number of carbonyl (C=O) groups excluding carboxylic acids is 1. The van der Waals surface area contributed by atoms with Crippen molar-refractivity contribution in [3.8, 4) is 0 Å². The summed E-state index contributed by atoms with van der Waals surface area (Å²) >= 11 is 1.72. The second-order valence-electron chi connectivity index (χ2n) is 6.26. The van der Waals surface area contributed by atoms with Crippen LogP contribution in [0, 0.1) is 13.8 Å². The predicted octanol–water partition coefficient (Wildman–Crippen LogP) is 1.58. The Morgan fingerprint density at radius 2 is 2.33 bits per heavy atom. The largest absolute Gasteiger partial charge is 0.374 e. The fourth-order valence-corrected chi connectivity index (χ4v) is 3.66. The first-order chi connectivity index (χ1) is 11.6. The molecular weight excluding hydrogens is 324 g/mol. The van der Waals surface area contributed by atoms with Crippen LogP contribution in [0.25, 0.3) is 0 Å². The average Bonchev–Trinajstić information content (AvgIpc) is 3.14. The number of thiophene rings is 1. The molecule has 2 aromatic rings. The van der Waals surface area contributed by atoms with Gasteiger partial charge in [0.05, 0.1) is 38.5 Å². The van der Waals surface area contributed by atoms with Crippen molar-refractivity contribution in [3.05, 3.63) is 39.8 Å². The molecule has 1 aliphatic heterocycles. The second-order valence-corrected chi connectivity index (χ2v) is 7.63. The van der Waals surface area contributed by atoms with Crippen LogP contribution in [0.3, 0.4) is 0 Å². The van der Waals surface area contributed by atoms with Crippen LogP contribution in [0.2, 0.25) is 0 Å². The zero-order chi connectivity index (χ0) is 16.9. The third kappa shape index (κ3) is 4.90. The van der Waals surface area contributed by atoms with Gasteiger partial charge in [-0.15, -0.1) is 11.3 Å². The van der Waals surface area contributed by atoms with Crippen LogP contribution in [0.5, 0.6) is 0 Å². The molecule has 0 saturated carbocycles. The van der Waals surface area contributed by atoms with Crippen LogP contribution in [0.15, 0.2) is 24.5 Å². The average molecular weight is 348 g/mol. The smallest absolute Gasteiger partial charge is 0.234 e. The van der Waals surface area contributed by atoms with Gasteiger partial charge in [-0.05, 0) is 31.5 Å². The fourth-order valence-electron chi connectivity index (χ4n) is 2.83. The molecule has 24 heavy (non-hydrogen) atoms. The molecule has 7 heteroatoms. The van der Waals surface area contributed by atoms with Gasteiger partial charge in [-0.1, -0.05) is 0 Å². The molecule has 0 aliphatic carbocycles. The lowest BCUT2D eigenvalue weighted by Crippen LogP contribution is -2.48. The Kier molecular flexibility index (Phi) is 5.65. The standard InChI is InChI=1S/C17H24N4O2S/c1-13-7-19-21(9-13)11-15-10-20(5-6-23-15)12-17(22)18-8-16-4-3-14(2)24-16/h3-4,7,9,15H,5-6,8,10-12H2,1-2H3,(H,18,22). The van der Waals surface area contributed by atoms with Gasteiger partial charge in [0, 0.05) is 29.0 Å². The number of nitrogens with zero attached hydrogens (tertiary/aromatic N) is 3. The normalized spacial score (nSPS) is 18.7. The number of aryl methyl sites for hydroxylation is 2. The molecule has 130 valence electrons. The first kappa shape index (κ1) is 17.1. The molecule has 0 spiro atoms. The van der Waals surface area contributed by atoms with E-state index in [9.17, 15) is 4.79 Å². The van der Waals surface area contributed by atoms with E-state index in [0.717, 1.165) is 25.2 Å². The van der Waals surface area contributed by atoms with E-state index in [1.807, 2.05) is 24.0 Å². The molecule has 0 bridgehead atoms. The summed E-state index contributed by atoms with van der Waals surface area (Å²) in [6, 6.07) is 4.15. The van der Waals surface area contributed by atoms with Crippen molar-refractivity contribution in [2.75, 3.05) is 26.2 Å². The lowest BCUT2D eigenvalue weighted by molar-refractivity contribution is -0.124. The van der Waals surface area contributed by atoms with Crippen molar-refractivity contribution in [2.45, 2.75) is 33.0 Å². The summed E-state index contributed by atoms with van der Waals surface area (Å²) in [5, 5.41) is 7.30. The summed E-state index contributed by atoms with van der Waals surface area (Å²) in [6.45, 7) is 8.05. The molecule has 1 atom stereocenters. The zero-order valence-corrected chi connectivity index (χ0v) is 15.0. The lowest BCUT2D eigenvalue weighted by Gasteiger charge is -2.32. The lowest BCUT2D eigenvalue weighted by atomic mass is 10.2. The van der Waals surface area contributed by atoms with E-state index >= 15 is 0 Å². The highest BCUT2D eigenvalue weighted by Gasteiger charge is 2.22. The number of carbonyl (C=O) groups is 1. The van der Waals surface area contributed by atoms with Crippen LogP contribution in [-0.2, 0) is 22.6 Å². The number of nitrogens with one attached hydrogen (secondary N) is 1. The van der Waals surface area contributed by atoms with E-state index in [2.05, 4.69) is 34.4 Å². The topological polar surface area (TPSA) is 59.4 Å². The van der Waals surface area contributed by atoms with Crippen LogP contribution in [-0.4, -0.2) is 52.9 Å². The minimum Gasteiger partial charge on any atom is -0.374 e. The van der Waals surface area contributed by atoms with E-state index < -0.39 is 0 Å². The molecule has 1 N–H and O–H groups in total. The third-order valence-corrected chi connectivity index (χ3v) is 5.00. The summed E-state index contributed by atoms with van der Waals surface area (Å²) in [5.41, 5.74) is 1.14. The Bertz CT molecular complexity index is 682. The number of aromatic nitrogens is 2. The maximum atomic E-state index is 12.2. The Labute approximate surface area is 146 Å².